The quantitative estimate of drug-likeness (QED) is 0.578. The highest BCUT2D eigenvalue weighted by atomic mass is 14.7. The average Bonchev–Trinajstić information content (AvgIpc) is 2.57. The van der Waals surface area contributed by atoms with Crippen LogP contribution in [0.15, 0.2) is 63.7 Å². The Morgan fingerprint density at radius 1 is 1.16 bits per heavy atom. The van der Waals surface area contributed by atoms with Crippen LogP contribution in [0.1, 0.15) is 64.5 Å². The molecule has 0 aromatic heterocycles. The molecule has 1 nitrogen and oxygen atoms in total. The molecule has 25 heavy (non-hydrogen) atoms. The van der Waals surface area contributed by atoms with Crippen LogP contribution in [0.5, 0.6) is 0 Å². The first-order valence-electron chi connectivity index (χ1n) is 9.69. The maximum atomic E-state index is 4.98. The predicted octanol–water partition coefficient (Wildman–Crippen LogP) is 6.60. The Labute approximate surface area is 153 Å². The summed E-state index contributed by atoms with van der Waals surface area (Å²) < 4.78 is 0. The van der Waals surface area contributed by atoms with Gasteiger partial charge >= 0.3 is 0 Å². The highest BCUT2D eigenvalue weighted by Gasteiger charge is 2.13. The van der Waals surface area contributed by atoms with Crippen molar-refractivity contribution in [3.05, 3.63) is 69.8 Å². The number of allylic oxidation sites excluding steroid dienone is 6. The highest BCUT2D eigenvalue weighted by Crippen LogP contribution is 2.30. The van der Waals surface area contributed by atoms with Crippen LogP contribution in [0.4, 0.5) is 0 Å². The SMILES string of the molecule is CC1=CCCC(C)=C1/C(C)=C/C1=N\Cc2cccc(c2)CC(C)CC1. The fraction of sp³-hybridized carbons (Fsp3) is 0.458. The van der Waals surface area contributed by atoms with Gasteiger partial charge in [-0.2, -0.15) is 0 Å². The zero-order valence-electron chi connectivity index (χ0n) is 16.2. The van der Waals surface area contributed by atoms with Crippen LogP contribution in [0.25, 0.3) is 0 Å². The molecule has 0 radical (unpaired) electrons. The van der Waals surface area contributed by atoms with Crippen molar-refractivity contribution in [1.29, 1.82) is 0 Å². The second-order valence-electron chi connectivity index (χ2n) is 7.88. The van der Waals surface area contributed by atoms with E-state index in [9.17, 15) is 0 Å². The molecule has 2 bridgehead atoms. The fourth-order valence-corrected chi connectivity index (χ4v) is 4.18. The summed E-state index contributed by atoms with van der Waals surface area (Å²) in [5.74, 6) is 0.699. The van der Waals surface area contributed by atoms with Crippen LogP contribution < -0.4 is 0 Å². The Kier molecular flexibility index (Phi) is 5.73. The number of fused-ring (bicyclic) bond motifs is 2. The first-order valence-corrected chi connectivity index (χ1v) is 9.69. The van der Waals surface area contributed by atoms with Gasteiger partial charge in [-0.3, -0.25) is 4.99 Å². The average molecular weight is 334 g/mol. The van der Waals surface area contributed by atoms with Gasteiger partial charge in [-0.05, 0) is 92.7 Å². The van der Waals surface area contributed by atoms with E-state index in [-0.39, 0.29) is 0 Å². The minimum Gasteiger partial charge on any atom is -0.285 e. The van der Waals surface area contributed by atoms with Gasteiger partial charge in [0.15, 0.2) is 0 Å². The number of hydrogen-bond donors (Lipinski definition) is 0. The Morgan fingerprint density at radius 3 is 2.76 bits per heavy atom. The Balaban J connectivity index is 1.89. The van der Waals surface area contributed by atoms with E-state index in [0.717, 1.165) is 13.0 Å². The van der Waals surface area contributed by atoms with Gasteiger partial charge in [0.1, 0.15) is 0 Å². The lowest BCUT2D eigenvalue weighted by Crippen LogP contribution is -2.07. The molecule has 0 fully saturated rings. The number of aliphatic imine (C=N–C) groups is 1. The van der Waals surface area contributed by atoms with E-state index in [0.29, 0.717) is 5.92 Å². The smallest absolute Gasteiger partial charge is 0.0643 e. The topological polar surface area (TPSA) is 12.4 Å². The van der Waals surface area contributed by atoms with Crippen molar-refractivity contribution in [2.45, 2.75) is 66.3 Å². The summed E-state index contributed by atoms with van der Waals surface area (Å²) in [5, 5.41) is 0. The summed E-state index contributed by atoms with van der Waals surface area (Å²) in [6.45, 7) is 9.95. The Hall–Kier alpha value is -1.89. The molecule has 3 rings (SSSR count). The summed E-state index contributed by atoms with van der Waals surface area (Å²) in [4.78, 5) is 4.98. The Morgan fingerprint density at radius 2 is 1.96 bits per heavy atom. The molecular formula is C24H31N. The largest absolute Gasteiger partial charge is 0.285 e. The van der Waals surface area contributed by atoms with Crippen molar-refractivity contribution >= 4 is 5.71 Å². The lowest BCUT2D eigenvalue weighted by molar-refractivity contribution is 0.542. The molecule has 1 atom stereocenters. The predicted molar refractivity (Wildman–Crippen MR) is 109 cm³/mol. The lowest BCUT2D eigenvalue weighted by Gasteiger charge is -2.19. The zero-order chi connectivity index (χ0) is 17.8. The van der Waals surface area contributed by atoms with Crippen LogP contribution in [0.3, 0.4) is 0 Å². The van der Waals surface area contributed by atoms with Crippen LogP contribution in [0.2, 0.25) is 0 Å². The van der Waals surface area contributed by atoms with Crippen LogP contribution in [-0.2, 0) is 13.0 Å². The van der Waals surface area contributed by atoms with Crippen molar-refractivity contribution in [3.8, 4) is 0 Å². The van der Waals surface area contributed by atoms with Crippen molar-refractivity contribution in [2.24, 2.45) is 10.9 Å². The number of benzene rings is 1. The highest BCUT2D eigenvalue weighted by molar-refractivity contribution is 5.96. The van der Waals surface area contributed by atoms with E-state index < -0.39 is 0 Å². The molecule has 0 spiro atoms. The minimum absolute atomic E-state index is 0.699. The van der Waals surface area contributed by atoms with E-state index in [1.807, 2.05) is 0 Å². The van der Waals surface area contributed by atoms with Crippen molar-refractivity contribution in [3.63, 3.8) is 0 Å². The second-order valence-corrected chi connectivity index (χ2v) is 7.88. The van der Waals surface area contributed by atoms with Crippen LogP contribution in [-0.4, -0.2) is 5.71 Å². The molecule has 1 aliphatic carbocycles. The van der Waals surface area contributed by atoms with Crippen molar-refractivity contribution in [2.75, 3.05) is 0 Å². The van der Waals surface area contributed by atoms with E-state index in [4.69, 9.17) is 4.99 Å². The van der Waals surface area contributed by atoms with E-state index in [1.165, 1.54) is 64.8 Å². The molecule has 0 amide bonds. The molecule has 1 unspecified atom stereocenters. The van der Waals surface area contributed by atoms with Crippen molar-refractivity contribution in [1.82, 2.24) is 0 Å². The molecule has 132 valence electrons. The summed E-state index contributed by atoms with van der Waals surface area (Å²) in [6, 6.07) is 8.97. The maximum absolute atomic E-state index is 4.98. The summed E-state index contributed by atoms with van der Waals surface area (Å²) in [7, 11) is 0. The molecule has 1 aromatic carbocycles. The van der Waals surface area contributed by atoms with Gasteiger partial charge in [-0.25, -0.2) is 0 Å². The normalized spacial score (nSPS) is 24.5. The monoisotopic (exact) mass is 333 g/mol. The minimum atomic E-state index is 0.699. The van der Waals surface area contributed by atoms with Gasteiger partial charge in [-0.15, -0.1) is 0 Å². The maximum Gasteiger partial charge on any atom is 0.0643 e. The summed E-state index contributed by atoms with van der Waals surface area (Å²) >= 11 is 0. The van der Waals surface area contributed by atoms with E-state index in [2.05, 4.69) is 64.1 Å². The molecule has 0 saturated heterocycles. The standard InChI is InChI=1S/C24H31N/c1-17-11-12-23(25-16-22-10-6-9-21(13-17)15-22)14-20(4)24-18(2)7-5-8-19(24)3/h6-7,9-10,14-15,17H,5,8,11-13,16H2,1-4H3/b20-14+,25-23-. The first kappa shape index (κ1) is 17.9. The van der Waals surface area contributed by atoms with Gasteiger partial charge < -0.3 is 0 Å². The molecule has 1 heterocycles. The van der Waals surface area contributed by atoms with Gasteiger partial charge in [-0.1, -0.05) is 42.8 Å². The number of hydrogen-bond acceptors (Lipinski definition) is 1. The Bertz CT molecular complexity index is 758. The first-order chi connectivity index (χ1) is 12.0. The molecule has 0 saturated carbocycles. The lowest BCUT2D eigenvalue weighted by atomic mass is 9.87. The van der Waals surface area contributed by atoms with Crippen LogP contribution in [0, 0.1) is 5.92 Å². The summed E-state index contributed by atoms with van der Waals surface area (Å²) in [5.41, 5.74) is 9.84. The van der Waals surface area contributed by atoms with E-state index in [1.54, 1.807) is 0 Å². The van der Waals surface area contributed by atoms with Crippen molar-refractivity contribution < 1.29 is 0 Å². The second kappa shape index (κ2) is 7.99. The van der Waals surface area contributed by atoms with Gasteiger partial charge in [0.05, 0.1) is 6.54 Å². The number of nitrogens with zero attached hydrogens (tertiary/aromatic N) is 1. The molecule has 0 N–H and O–H groups in total. The van der Waals surface area contributed by atoms with Gasteiger partial charge in [0.2, 0.25) is 0 Å². The molecule has 1 heteroatoms. The zero-order valence-corrected chi connectivity index (χ0v) is 16.2. The van der Waals surface area contributed by atoms with Crippen LogP contribution >= 0.6 is 0 Å². The third-order valence-electron chi connectivity index (χ3n) is 5.50. The third kappa shape index (κ3) is 4.60. The van der Waals surface area contributed by atoms with E-state index >= 15 is 0 Å². The molecule has 1 aromatic rings. The third-order valence-corrected chi connectivity index (χ3v) is 5.50. The number of rotatable bonds is 2. The molecular weight excluding hydrogens is 302 g/mol. The molecule has 1 aliphatic heterocycles. The summed E-state index contributed by atoms with van der Waals surface area (Å²) in [6.07, 6.45) is 10.6. The fourth-order valence-electron chi connectivity index (χ4n) is 4.18. The molecule has 2 aliphatic rings. The van der Waals surface area contributed by atoms with Gasteiger partial charge in [0, 0.05) is 5.71 Å². The van der Waals surface area contributed by atoms with Gasteiger partial charge in [0.25, 0.3) is 0 Å².